The lowest BCUT2D eigenvalue weighted by atomic mass is 10.1. The van der Waals surface area contributed by atoms with Crippen LogP contribution in [0.25, 0.3) is 5.69 Å². The third kappa shape index (κ3) is 3.70. The van der Waals surface area contributed by atoms with Crippen LogP contribution in [0.5, 0.6) is 0 Å². The second-order valence-electron chi connectivity index (χ2n) is 5.40. The molecule has 0 aliphatic carbocycles. The van der Waals surface area contributed by atoms with Crippen LogP contribution >= 0.6 is 0 Å². The number of methoxy groups -OCH3 is 1. The molecule has 3 aromatic rings. The van der Waals surface area contributed by atoms with Gasteiger partial charge in [-0.25, -0.2) is 4.68 Å². The normalized spacial score (nSPS) is 10.5. The molecule has 0 bridgehead atoms. The van der Waals surface area contributed by atoms with E-state index in [-0.39, 0.29) is 5.91 Å². The zero-order valence-corrected chi connectivity index (χ0v) is 13.5. The van der Waals surface area contributed by atoms with E-state index in [1.54, 1.807) is 24.1 Å². The van der Waals surface area contributed by atoms with E-state index < -0.39 is 0 Å². The number of rotatable bonds is 6. The van der Waals surface area contributed by atoms with E-state index in [1.165, 1.54) is 0 Å². The van der Waals surface area contributed by atoms with Gasteiger partial charge in [0.15, 0.2) is 0 Å². The number of nitrogens with zero attached hydrogens (tertiary/aromatic N) is 2. The third-order valence-electron chi connectivity index (χ3n) is 3.68. The minimum absolute atomic E-state index is 0.108. The quantitative estimate of drug-likeness (QED) is 0.759. The Balaban J connectivity index is 1.72. The standard InChI is InChI=1S/C19H19N3O2/c1-24-14-15-6-4-8-16(12-15)19(23)20-13-17-7-2-3-9-18(17)22-11-5-10-21-22/h2-12H,13-14H2,1H3,(H,20,23). The predicted molar refractivity (Wildman–Crippen MR) is 91.9 cm³/mol. The maximum atomic E-state index is 12.4. The second kappa shape index (κ2) is 7.57. The Morgan fingerprint density at radius 3 is 2.83 bits per heavy atom. The molecule has 0 aliphatic heterocycles. The molecule has 0 spiro atoms. The number of benzene rings is 2. The smallest absolute Gasteiger partial charge is 0.251 e. The zero-order valence-electron chi connectivity index (χ0n) is 13.5. The van der Waals surface area contributed by atoms with Crippen LogP contribution in [0.2, 0.25) is 0 Å². The van der Waals surface area contributed by atoms with Crippen molar-refractivity contribution in [2.45, 2.75) is 13.2 Å². The summed E-state index contributed by atoms with van der Waals surface area (Å²) in [5, 5.41) is 7.22. The molecular formula is C19H19N3O2. The summed E-state index contributed by atoms with van der Waals surface area (Å²) in [6.45, 7) is 0.923. The fraction of sp³-hybridized carbons (Fsp3) is 0.158. The van der Waals surface area contributed by atoms with E-state index in [9.17, 15) is 4.79 Å². The van der Waals surface area contributed by atoms with Gasteiger partial charge in [0.05, 0.1) is 12.3 Å². The van der Waals surface area contributed by atoms with Crippen molar-refractivity contribution in [3.8, 4) is 5.69 Å². The molecule has 0 radical (unpaired) electrons. The molecule has 1 amide bonds. The zero-order chi connectivity index (χ0) is 16.8. The van der Waals surface area contributed by atoms with E-state index >= 15 is 0 Å². The molecule has 0 fully saturated rings. The van der Waals surface area contributed by atoms with Crippen LogP contribution in [0.15, 0.2) is 67.0 Å². The third-order valence-corrected chi connectivity index (χ3v) is 3.68. The molecule has 2 aromatic carbocycles. The second-order valence-corrected chi connectivity index (χ2v) is 5.40. The maximum absolute atomic E-state index is 12.4. The van der Waals surface area contributed by atoms with Gasteiger partial charge < -0.3 is 10.1 Å². The molecule has 0 atom stereocenters. The van der Waals surface area contributed by atoms with Gasteiger partial charge in [-0.2, -0.15) is 5.10 Å². The first kappa shape index (κ1) is 16.0. The van der Waals surface area contributed by atoms with Gasteiger partial charge in [0, 0.05) is 31.6 Å². The first-order valence-corrected chi connectivity index (χ1v) is 7.72. The van der Waals surface area contributed by atoms with E-state index in [0.717, 1.165) is 16.8 Å². The molecule has 5 nitrogen and oxygen atoms in total. The number of hydrogen-bond donors (Lipinski definition) is 1. The highest BCUT2D eigenvalue weighted by molar-refractivity contribution is 5.94. The van der Waals surface area contributed by atoms with Gasteiger partial charge in [0.25, 0.3) is 5.91 Å². The number of hydrogen-bond acceptors (Lipinski definition) is 3. The van der Waals surface area contributed by atoms with Crippen molar-refractivity contribution in [2.24, 2.45) is 0 Å². The number of carbonyl (C=O) groups is 1. The summed E-state index contributed by atoms with van der Waals surface area (Å²) >= 11 is 0. The van der Waals surface area contributed by atoms with E-state index in [2.05, 4.69) is 10.4 Å². The lowest BCUT2D eigenvalue weighted by Gasteiger charge is -2.11. The number of ether oxygens (including phenoxy) is 1. The largest absolute Gasteiger partial charge is 0.380 e. The highest BCUT2D eigenvalue weighted by Gasteiger charge is 2.09. The predicted octanol–water partition coefficient (Wildman–Crippen LogP) is 2.95. The van der Waals surface area contributed by atoms with Gasteiger partial charge in [-0.05, 0) is 35.4 Å². The average Bonchev–Trinajstić information content (AvgIpc) is 3.15. The molecular weight excluding hydrogens is 302 g/mol. The van der Waals surface area contributed by atoms with Crippen LogP contribution < -0.4 is 5.32 Å². The Bertz CT molecular complexity index is 813. The topological polar surface area (TPSA) is 56.1 Å². The summed E-state index contributed by atoms with van der Waals surface area (Å²) < 4.78 is 6.90. The van der Waals surface area contributed by atoms with Crippen molar-refractivity contribution < 1.29 is 9.53 Å². The molecule has 24 heavy (non-hydrogen) atoms. The van der Waals surface area contributed by atoms with Crippen LogP contribution in [-0.4, -0.2) is 22.8 Å². The summed E-state index contributed by atoms with van der Waals surface area (Å²) in [4.78, 5) is 12.4. The molecule has 3 rings (SSSR count). The highest BCUT2D eigenvalue weighted by Crippen LogP contribution is 2.13. The molecule has 0 saturated carbocycles. The number of para-hydroxylation sites is 1. The Hall–Kier alpha value is -2.92. The lowest BCUT2D eigenvalue weighted by molar-refractivity contribution is 0.0950. The fourth-order valence-corrected chi connectivity index (χ4v) is 2.54. The Morgan fingerprint density at radius 2 is 2.04 bits per heavy atom. The number of aromatic nitrogens is 2. The summed E-state index contributed by atoms with van der Waals surface area (Å²) in [6.07, 6.45) is 3.62. The van der Waals surface area contributed by atoms with Gasteiger partial charge in [0.2, 0.25) is 0 Å². The van der Waals surface area contributed by atoms with Gasteiger partial charge in [-0.15, -0.1) is 0 Å². The minimum Gasteiger partial charge on any atom is -0.380 e. The van der Waals surface area contributed by atoms with Crippen LogP contribution in [-0.2, 0) is 17.9 Å². The summed E-state index contributed by atoms with van der Waals surface area (Å²) in [6, 6.07) is 17.2. The summed E-state index contributed by atoms with van der Waals surface area (Å²) in [7, 11) is 1.64. The van der Waals surface area contributed by atoms with Crippen LogP contribution in [0, 0.1) is 0 Å². The molecule has 5 heteroatoms. The summed E-state index contributed by atoms with van der Waals surface area (Å²) in [5.41, 5.74) is 3.56. The van der Waals surface area contributed by atoms with E-state index in [4.69, 9.17) is 4.74 Å². The molecule has 122 valence electrons. The Kier molecular flexibility index (Phi) is 5.03. The van der Waals surface area contributed by atoms with Crippen LogP contribution in [0.3, 0.4) is 0 Å². The summed E-state index contributed by atoms with van der Waals surface area (Å²) in [5.74, 6) is -0.108. The fourth-order valence-electron chi connectivity index (χ4n) is 2.54. The van der Waals surface area contributed by atoms with E-state index in [1.807, 2.05) is 54.7 Å². The Labute approximate surface area is 140 Å². The number of nitrogens with one attached hydrogen (secondary N) is 1. The van der Waals surface area contributed by atoms with Crippen molar-refractivity contribution >= 4 is 5.91 Å². The molecule has 1 N–H and O–H groups in total. The highest BCUT2D eigenvalue weighted by atomic mass is 16.5. The van der Waals surface area contributed by atoms with E-state index in [0.29, 0.717) is 18.7 Å². The van der Waals surface area contributed by atoms with Gasteiger partial charge in [-0.1, -0.05) is 30.3 Å². The lowest BCUT2D eigenvalue weighted by Crippen LogP contribution is -2.23. The molecule has 1 heterocycles. The first-order valence-electron chi connectivity index (χ1n) is 7.72. The molecule has 1 aromatic heterocycles. The van der Waals surface area contributed by atoms with Crippen molar-refractivity contribution in [3.05, 3.63) is 83.7 Å². The molecule has 0 unspecified atom stereocenters. The van der Waals surface area contributed by atoms with Crippen molar-refractivity contribution in [1.29, 1.82) is 0 Å². The SMILES string of the molecule is COCc1cccc(C(=O)NCc2ccccc2-n2cccn2)c1. The number of carbonyl (C=O) groups excluding carboxylic acids is 1. The number of amides is 1. The van der Waals surface area contributed by atoms with Crippen LogP contribution in [0.4, 0.5) is 0 Å². The van der Waals surface area contributed by atoms with Gasteiger partial charge in [-0.3, -0.25) is 4.79 Å². The van der Waals surface area contributed by atoms with Gasteiger partial charge in [0.1, 0.15) is 0 Å². The minimum atomic E-state index is -0.108. The van der Waals surface area contributed by atoms with Gasteiger partial charge >= 0.3 is 0 Å². The molecule has 0 aliphatic rings. The monoisotopic (exact) mass is 321 g/mol. The van der Waals surface area contributed by atoms with Crippen molar-refractivity contribution in [2.75, 3.05) is 7.11 Å². The average molecular weight is 321 g/mol. The maximum Gasteiger partial charge on any atom is 0.251 e. The Morgan fingerprint density at radius 1 is 1.17 bits per heavy atom. The van der Waals surface area contributed by atoms with Crippen LogP contribution in [0.1, 0.15) is 21.5 Å². The van der Waals surface area contributed by atoms with Crippen molar-refractivity contribution in [3.63, 3.8) is 0 Å². The van der Waals surface area contributed by atoms with Crippen molar-refractivity contribution in [1.82, 2.24) is 15.1 Å². The first-order chi connectivity index (χ1) is 11.8. The molecule has 0 saturated heterocycles.